The van der Waals surface area contributed by atoms with Crippen LogP contribution < -0.4 is 5.32 Å². The number of carbonyl (C=O) groups excluding carboxylic acids is 2. The second-order valence-electron chi connectivity index (χ2n) is 11.8. The molecule has 3 fully saturated rings. The van der Waals surface area contributed by atoms with E-state index in [4.69, 9.17) is 26.1 Å². The Balaban J connectivity index is 0.00000294. The Hall–Kier alpha value is -1.10. The van der Waals surface area contributed by atoms with Crippen LogP contribution in [0.1, 0.15) is 87.4 Å². The van der Waals surface area contributed by atoms with Gasteiger partial charge in [-0.2, -0.15) is 0 Å². The fourth-order valence-electron chi connectivity index (χ4n) is 6.37. The van der Waals surface area contributed by atoms with Crippen molar-refractivity contribution in [3.8, 4) is 0 Å². The molecular formula is C29H50Cl3N5O4. The Morgan fingerprint density at radius 2 is 1.83 bits per heavy atom. The predicted molar refractivity (Wildman–Crippen MR) is 167 cm³/mol. The summed E-state index contributed by atoms with van der Waals surface area (Å²) in [5.74, 6) is 1.52. The summed E-state index contributed by atoms with van der Waals surface area (Å²) in [5, 5.41) is 3.77. The van der Waals surface area contributed by atoms with Gasteiger partial charge in [0.25, 0.3) is 5.91 Å². The van der Waals surface area contributed by atoms with E-state index in [1.54, 1.807) is 7.11 Å². The summed E-state index contributed by atoms with van der Waals surface area (Å²) < 4.78 is 12.8. The quantitative estimate of drug-likeness (QED) is 0.351. The molecule has 3 heterocycles. The van der Waals surface area contributed by atoms with Crippen LogP contribution >= 0.6 is 36.4 Å². The molecular weight excluding hydrogens is 589 g/mol. The number of carbonyl (C=O) groups is 2. The second kappa shape index (κ2) is 17.9. The summed E-state index contributed by atoms with van der Waals surface area (Å²) in [4.78, 5) is 36.4. The average Bonchev–Trinajstić information content (AvgIpc) is 3.29. The van der Waals surface area contributed by atoms with Gasteiger partial charge in [-0.25, -0.2) is 4.98 Å². The summed E-state index contributed by atoms with van der Waals surface area (Å²) in [6, 6.07) is -0.0883. The van der Waals surface area contributed by atoms with Crippen molar-refractivity contribution in [3.05, 3.63) is 16.7 Å². The van der Waals surface area contributed by atoms with Gasteiger partial charge in [-0.05, 0) is 38.0 Å². The van der Waals surface area contributed by atoms with Crippen molar-refractivity contribution in [1.29, 1.82) is 0 Å². The number of hydrogen-bond acceptors (Lipinski definition) is 6. The Morgan fingerprint density at radius 3 is 2.49 bits per heavy atom. The lowest BCUT2D eigenvalue weighted by molar-refractivity contribution is -0.140. The van der Waals surface area contributed by atoms with Crippen LogP contribution in [0, 0.1) is 11.8 Å². The first-order chi connectivity index (χ1) is 18.9. The maximum atomic E-state index is 14.4. The summed E-state index contributed by atoms with van der Waals surface area (Å²) in [6.45, 7) is 10.0. The van der Waals surface area contributed by atoms with Crippen LogP contribution in [0.3, 0.4) is 0 Å². The van der Waals surface area contributed by atoms with Gasteiger partial charge < -0.3 is 29.2 Å². The lowest BCUT2D eigenvalue weighted by atomic mass is 9.88. The summed E-state index contributed by atoms with van der Waals surface area (Å²) in [5.41, 5.74) is 0.511. The Labute approximate surface area is 263 Å². The van der Waals surface area contributed by atoms with E-state index in [0.29, 0.717) is 82.3 Å². The molecule has 1 aromatic rings. The fraction of sp³-hybridized carbons (Fsp3) is 0.828. The molecule has 1 saturated carbocycles. The van der Waals surface area contributed by atoms with Gasteiger partial charge in [-0.1, -0.05) is 44.7 Å². The van der Waals surface area contributed by atoms with Crippen LogP contribution in [-0.4, -0.2) is 96.9 Å². The molecule has 2 saturated heterocycles. The van der Waals surface area contributed by atoms with Gasteiger partial charge in [0.2, 0.25) is 5.91 Å². The van der Waals surface area contributed by atoms with Crippen molar-refractivity contribution in [3.63, 3.8) is 0 Å². The Bertz CT molecular complexity index is 951. The molecule has 0 spiro atoms. The number of methoxy groups -OCH3 is 1. The zero-order valence-electron chi connectivity index (χ0n) is 24.9. The van der Waals surface area contributed by atoms with Gasteiger partial charge in [0.05, 0.1) is 19.1 Å². The van der Waals surface area contributed by atoms with Crippen LogP contribution in [-0.2, 0) is 20.8 Å². The van der Waals surface area contributed by atoms with Gasteiger partial charge in [-0.15, -0.1) is 24.8 Å². The predicted octanol–water partition coefficient (Wildman–Crippen LogP) is 4.79. The molecule has 12 heteroatoms. The van der Waals surface area contributed by atoms with E-state index in [9.17, 15) is 9.59 Å². The van der Waals surface area contributed by atoms with E-state index >= 15 is 0 Å². The van der Waals surface area contributed by atoms with Crippen LogP contribution in [0.5, 0.6) is 0 Å². The smallest absolute Gasteiger partial charge is 0.274 e. The van der Waals surface area contributed by atoms with E-state index in [1.807, 2.05) is 9.80 Å². The first-order valence-corrected chi connectivity index (χ1v) is 15.4. The molecule has 0 aromatic carbocycles. The second-order valence-corrected chi connectivity index (χ2v) is 12.2. The number of rotatable bonds is 11. The van der Waals surface area contributed by atoms with Crippen LogP contribution in [0.4, 0.5) is 0 Å². The van der Waals surface area contributed by atoms with Crippen molar-refractivity contribution >= 4 is 48.2 Å². The highest BCUT2D eigenvalue weighted by atomic mass is 35.5. The molecule has 0 radical (unpaired) electrons. The van der Waals surface area contributed by atoms with Crippen molar-refractivity contribution < 1.29 is 19.1 Å². The number of nitrogens with one attached hydrogen (secondary N) is 1. The fourth-order valence-corrected chi connectivity index (χ4v) is 6.64. The zero-order chi connectivity index (χ0) is 27.8. The molecule has 1 aromatic heterocycles. The van der Waals surface area contributed by atoms with E-state index in [-0.39, 0.29) is 54.5 Å². The maximum Gasteiger partial charge on any atom is 0.274 e. The number of unbranched alkanes of at least 4 members (excludes halogenated alkanes) is 1. The maximum absolute atomic E-state index is 14.4. The van der Waals surface area contributed by atoms with Crippen molar-refractivity contribution in [2.24, 2.45) is 11.8 Å². The molecule has 4 rings (SSSR count). The minimum Gasteiger partial charge on any atom is -0.385 e. The third-order valence-corrected chi connectivity index (χ3v) is 8.63. The molecule has 1 N–H and O–H groups in total. The van der Waals surface area contributed by atoms with Crippen molar-refractivity contribution in [2.45, 2.75) is 83.7 Å². The number of hydrogen-bond donors (Lipinski definition) is 1. The summed E-state index contributed by atoms with van der Waals surface area (Å²) in [6.07, 6.45) is 8.27. The standard InChI is InChI=1S/C29H48ClN5O4.2ClH/c1-21(2)20-35(24-17-23(18-31-19-24)28(36)33-12-15-39-16-13-33)29(37)25-26(30)32-27(22-9-5-4-6-10-22)34(25)11-7-8-14-38-3;;/h21-24,31H,4-20H2,1-3H3;2*1H/t23-,24+;;/m1../s1. The van der Waals surface area contributed by atoms with Gasteiger partial charge in [0.1, 0.15) is 11.5 Å². The first kappa shape index (κ1) is 36.1. The third-order valence-electron chi connectivity index (χ3n) is 8.37. The first-order valence-electron chi connectivity index (χ1n) is 15.0. The van der Waals surface area contributed by atoms with E-state index in [1.165, 1.54) is 19.3 Å². The molecule has 1 aliphatic carbocycles. The highest BCUT2D eigenvalue weighted by Crippen LogP contribution is 2.35. The number of aromatic nitrogens is 2. The normalized spacial score (nSPS) is 21.7. The van der Waals surface area contributed by atoms with Crippen LogP contribution in [0.15, 0.2) is 0 Å². The number of amides is 2. The summed E-state index contributed by atoms with van der Waals surface area (Å²) >= 11 is 6.81. The number of imidazole rings is 1. The molecule has 2 aliphatic heterocycles. The van der Waals surface area contributed by atoms with Crippen molar-refractivity contribution in [1.82, 2.24) is 24.7 Å². The van der Waals surface area contributed by atoms with E-state index in [0.717, 1.165) is 31.5 Å². The molecule has 236 valence electrons. The van der Waals surface area contributed by atoms with Crippen LogP contribution in [0.25, 0.3) is 0 Å². The van der Waals surface area contributed by atoms with Gasteiger partial charge in [-0.3, -0.25) is 9.59 Å². The third kappa shape index (κ3) is 9.44. The number of nitrogens with zero attached hydrogens (tertiary/aromatic N) is 4. The molecule has 41 heavy (non-hydrogen) atoms. The minimum absolute atomic E-state index is 0. The number of morpholine rings is 1. The molecule has 0 unspecified atom stereocenters. The highest BCUT2D eigenvalue weighted by Gasteiger charge is 2.38. The monoisotopic (exact) mass is 637 g/mol. The van der Waals surface area contributed by atoms with Crippen molar-refractivity contribution in [2.75, 3.05) is 59.7 Å². The van der Waals surface area contributed by atoms with E-state index in [2.05, 4.69) is 23.7 Å². The highest BCUT2D eigenvalue weighted by molar-refractivity contribution is 6.32. The molecule has 3 aliphatic rings. The number of ether oxygens (including phenoxy) is 2. The Kier molecular flexibility index (Phi) is 15.7. The van der Waals surface area contributed by atoms with Gasteiger partial charge >= 0.3 is 0 Å². The van der Waals surface area contributed by atoms with Crippen LogP contribution in [0.2, 0.25) is 5.15 Å². The van der Waals surface area contributed by atoms with Gasteiger partial charge in [0, 0.05) is 64.9 Å². The molecule has 2 amide bonds. The number of piperidine rings is 1. The zero-order valence-corrected chi connectivity index (χ0v) is 27.3. The lowest BCUT2D eigenvalue weighted by Gasteiger charge is -2.40. The SMILES string of the molecule is COCCCCn1c(C2CCCCC2)nc(Cl)c1C(=O)N(CC(C)C)[C@@H]1CNC[C@H](C(=O)N2CCOCC2)C1.Cl.Cl. The Morgan fingerprint density at radius 1 is 1.12 bits per heavy atom. The molecule has 9 nitrogen and oxygen atoms in total. The molecule has 2 atom stereocenters. The van der Waals surface area contributed by atoms with E-state index < -0.39 is 0 Å². The minimum atomic E-state index is -0.156. The molecule has 0 bridgehead atoms. The summed E-state index contributed by atoms with van der Waals surface area (Å²) in [7, 11) is 1.72. The average molecular weight is 639 g/mol. The topological polar surface area (TPSA) is 88.9 Å². The lowest BCUT2D eigenvalue weighted by Crippen LogP contribution is -2.56. The number of halogens is 3. The largest absolute Gasteiger partial charge is 0.385 e. The van der Waals surface area contributed by atoms with Gasteiger partial charge in [0.15, 0.2) is 5.15 Å².